The van der Waals surface area contributed by atoms with Crippen LogP contribution in [0.2, 0.25) is 0 Å². The molecule has 3 N–H and O–H groups in total. The molecule has 0 aliphatic rings. The van der Waals surface area contributed by atoms with Gasteiger partial charge in [-0.1, -0.05) is 19.9 Å². The number of aryl methyl sites for hydroxylation is 2. The average molecular weight is 286 g/mol. The maximum Gasteiger partial charge on any atom is 0.356 e. The highest BCUT2D eigenvalue weighted by atomic mass is 31.2. The molecule has 0 aromatic heterocycles. The van der Waals surface area contributed by atoms with Crippen LogP contribution in [0.4, 0.5) is 0 Å². The quantitative estimate of drug-likeness (QED) is 0.734. The van der Waals surface area contributed by atoms with Crippen molar-refractivity contribution in [3.8, 4) is 0 Å². The van der Waals surface area contributed by atoms with Crippen LogP contribution in [0.3, 0.4) is 0 Å². The molecule has 106 valence electrons. The SMILES string of the molecule is Cc1cc(C)c(C(C)(C)CC(=O)O)c(P(=O)(O)O)c1. The van der Waals surface area contributed by atoms with Gasteiger partial charge >= 0.3 is 13.6 Å². The van der Waals surface area contributed by atoms with Crippen molar-refractivity contribution in [3.05, 3.63) is 28.8 Å². The monoisotopic (exact) mass is 286 g/mol. The van der Waals surface area contributed by atoms with Crippen LogP contribution in [0, 0.1) is 13.8 Å². The highest BCUT2D eigenvalue weighted by Gasteiger charge is 2.34. The molecule has 1 aromatic carbocycles. The highest BCUT2D eigenvalue weighted by molar-refractivity contribution is 7.60. The summed E-state index contributed by atoms with van der Waals surface area (Å²) < 4.78 is 11.6. The normalized spacial score (nSPS) is 12.5. The van der Waals surface area contributed by atoms with Crippen LogP contribution in [0.5, 0.6) is 0 Å². The van der Waals surface area contributed by atoms with E-state index in [9.17, 15) is 19.1 Å². The molecule has 0 saturated carbocycles. The van der Waals surface area contributed by atoms with E-state index in [4.69, 9.17) is 5.11 Å². The van der Waals surface area contributed by atoms with E-state index in [1.54, 1.807) is 33.8 Å². The fraction of sp³-hybridized carbons (Fsp3) is 0.462. The molecule has 6 heteroatoms. The fourth-order valence-electron chi connectivity index (χ4n) is 2.52. The second kappa shape index (κ2) is 5.08. The zero-order valence-corrected chi connectivity index (χ0v) is 12.4. The molecule has 0 aliphatic carbocycles. The van der Waals surface area contributed by atoms with Gasteiger partial charge in [-0.3, -0.25) is 9.36 Å². The minimum Gasteiger partial charge on any atom is -0.481 e. The standard InChI is InChI=1S/C13H19O5P/c1-8-5-9(2)12(10(6-8)19(16,17)18)13(3,4)7-11(14)15/h5-6H,7H2,1-4H3,(H,14,15)(H2,16,17,18). The lowest BCUT2D eigenvalue weighted by Gasteiger charge is -2.28. The molecule has 0 aliphatic heterocycles. The van der Waals surface area contributed by atoms with Crippen LogP contribution in [-0.4, -0.2) is 20.9 Å². The number of aliphatic carboxylic acids is 1. The summed E-state index contributed by atoms with van der Waals surface area (Å²) in [6.45, 7) is 6.85. The van der Waals surface area contributed by atoms with Crippen LogP contribution in [0.1, 0.15) is 37.0 Å². The molecule has 19 heavy (non-hydrogen) atoms. The van der Waals surface area contributed by atoms with E-state index in [1.165, 1.54) is 6.07 Å². The molecular weight excluding hydrogens is 267 g/mol. The summed E-state index contributed by atoms with van der Waals surface area (Å²) >= 11 is 0. The van der Waals surface area contributed by atoms with Gasteiger partial charge in [-0.2, -0.15) is 0 Å². The summed E-state index contributed by atoms with van der Waals surface area (Å²) in [5.74, 6) is -0.998. The number of carbonyl (C=O) groups is 1. The Hall–Kier alpha value is -1.16. The first-order valence-corrected chi connectivity index (χ1v) is 7.46. The minimum absolute atomic E-state index is 0.0729. The maximum atomic E-state index is 11.6. The summed E-state index contributed by atoms with van der Waals surface area (Å²) in [7, 11) is -4.44. The van der Waals surface area contributed by atoms with Gasteiger partial charge in [0.1, 0.15) is 0 Å². The summed E-state index contributed by atoms with van der Waals surface area (Å²) in [6.07, 6.45) is -0.191. The Morgan fingerprint density at radius 3 is 2.21 bits per heavy atom. The van der Waals surface area contributed by atoms with Gasteiger partial charge in [0.2, 0.25) is 0 Å². The predicted octanol–water partition coefficient (Wildman–Crippen LogP) is 1.86. The molecule has 0 heterocycles. The van der Waals surface area contributed by atoms with E-state index in [-0.39, 0.29) is 11.7 Å². The van der Waals surface area contributed by atoms with Crippen molar-refractivity contribution in [2.24, 2.45) is 0 Å². The van der Waals surface area contributed by atoms with Crippen molar-refractivity contribution in [2.75, 3.05) is 0 Å². The first kappa shape index (κ1) is 15.9. The van der Waals surface area contributed by atoms with Crippen molar-refractivity contribution < 1.29 is 24.3 Å². The third-order valence-corrected chi connectivity index (χ3v) is 4.02. The molecule has 0 atom stereocenters. The van der Waals surface area contributed by atoms with Crippen LogP contribution in [0.25, 0.3) is 0 Å². The Bertz CT molecular complexity index is 556. The largest absolute Gasteiger partial charge is 0.481 e. The number of hydrogen-bond acceptors (Lipinski definition) is 2. The summed E-state index contributed by atoms with van der Waals surface area (Å²) in [6, 6.07) is 3.24. The van der Waals surface area contributed by atoms with E-state index in [0.717, 1.165) is 5.56 Å². The second-order valence-electron chi connectivity index (χ2n) is 5.47. The Morgan fingerprint density at radius 2 is 1.79 bits per heavy atom. The zero-order chi connectivity index (χ0) is 15.0. The van der Waals surface area contributed by atoms with E-state index in [0.29, 0.717) is 11.1 Å². The first-order valence-electron chi connectivity index (χ1n) is 5.85. The fourth-order valence-corrected chi connectivity index (χ4v) is 3.66. The third-order valence-electron chi connectivity index (χ3n) is 3.04. The topological polar surface area (TPSA) is 94.8 Å². The number of carboxylic acids is 1. The minimum atomic E-state index is -4.44. The Morgan fingerprint density at radius 1 is 1.26 bits per heavy atom. The van der Waals surface area contributed by atoms with Gasteiger partial charge in [0.25, 0.3) is 0 Å². The number of rotatable bonds is 4. The molecule has 0 bridgehead atoms. The van der Waals surface area contributed by atoms with Gasteiger partial charge in [-0.25, -0.2) is 0 Å². The molecule has 0 radical (unpaired) electrons. The number of carboxylic acid groups (broad SMARTS) is 1. The van der Waals surface area contributed by atoms with Crippen molar-refractivity contribution in [1.82, 2.24) is 0 Å². The van der Waals surface area contributed by atoms with Gasteiger partial charge < -0.3 is 14.9 Å². The third kappa shape index (κ3) is 3.66. The average Bonchev–Trinajstić information content (AvgIpc) is 2.11. The zero-order valence-electron chi connectivity index (χ0n) is 11.5. The van der Waals surface area contributed by atoms with E-state index in [2.05, 4.69) is 0 Å². The van der Waals surface area contributed by atoms with Gasteiger partial charge in [0.05, 0.1) is 11.7 Å². The molecular formula is C13H19O5P. The van der Waals surface area contributed by atoms with Crippen molar-refractivity contribution >= 4 is 18.9 Å². The van der Waals surface area contributed by atoms with Crippen molar-refractivity contribution in [2.45, 2.75) is 39.5 Å². The van der Waals surface area contributed by atoms with Crippen LogP contribution < -0.4 is 5.30 Å². The summed E-state index contributed by atoms with van der Waals surface area (Å²) in [5.41, 5.74) is 1.02. The maximum absolute atomic E-state index is 11.6. The predicted molar refractivity (Wildman–Crippen MR) is 72.9 cm³/mol. The Labute approximate surface area is 112 Å². The molecule has 5 nitrogen and oxygen atoms in total. The summed E-state index contributed by atoms with van der Waals surface area (Å²) in [4.78, 5) is 29.9. The smallest absolute Gasteiger partial charge is 0.356 e. The number of hydrogen-bond donors (Lipinski definition) is 3. The lowest BCUT2D eigenvalue weighted by molar-refractivity contribution is -0.138. The van der Waals surface area contributed by atoms with Gasteiger partial charge in [-0.15, -0.1) is 0 Å². The van der Waals surface area contributed by atoms with E-state index >= 15 is 0 Å². The van der Waals surface area contributed by atoms with Crippen molar-refractivity contribution in [1.29, 1.82) is 0 Å². The van der Waals surface area contributed by atoms with E-state index in [1.807, 2.05) is 0 Å². The van der Waals surface area contributed by atoms with Crippen LogP contribution in [-0.2, 0) is 14.8 Å². The van der Waals surface area contributed by atoms with Gasteiger partial charge in [-0.05, 0) is 36.6 Å². The lowest BCUT2D eigenvalue weighted by atomic mass is 9.79. The first-order chi connectivity index (χ1) is 8.45. The van der Waals surface area contributed by atoms with Gasteiger partial charge in [0.15, 0.2) is 0 Å². The summed E-state index contributed by atoms with van der Waals surface area (Å²) in [5, 5.41) is 8.88. The second-order valence-corrected chi connectivity index (χ2v) is 7.04. The van der Waals surface area contributed by atoms with Crippen LogP contribution in [0.15, 0.2) is 12.1 Å². The van der Waals surface area contributed by atoms with Crippen molar-refractivity contribution in [3.63, 3.8) is 0 Å². The van der Waals surface area contributed by atoms with E-state index < -0.39 is 19.0 Å². The highest BCUT2D eigenvalue weighted by Crippen LogP contribution is 2.41. The molecule has 1 aromatic rings. The van der Waals surface area contributed by atoms with Gasteiger partial charge in [0, 0.05) is 5.41 Å². The van der Waals surface area contributed by atoms with Crippen LogP contribution >= 0.6 is 7.60 Å². The lowest BCUT2D eigenvalue weighted by Crippen LogP contribution is -2.30. The molecule has 0 saturated heterocycles. The molecule has 0 spiro atoms. The molecule has 0 fully saturated rings. The molecule has 0 unspecified atom stereocenters. The Kier molecular flexibility index (Phi) is 4.25. The number of benzene rings is 1. The Balaban J connectivity index is 3.58. The molecule has 1 rings (SSSR count). The molecule has 0 amide bonds.